The number of ether oxygens (including phenoxy) is 1. The fraction of sp³-hybridized carbons (Fsp3) is 0.120. The third-order valence-electron chi connectivity index (χ3n) is 4.94. The minimum absolute atomic E-state index is 0.201. The summed E-state index contributed by atoms with van der Waals surface area (Å²) in [7, 11) is 0. The number of anilines is 2. The Labute approximate surface area is 205 Å². The number of rotatable bonds is 7. The maximum atomic E-state index is 12.7. The van der Waals surface area contributed by atoms with E-state index in [9.17, 15) is 9.59 Å². The Morgan fingerprint density at radius 1 is 0.941 bits per heavy atom. The second-order valence-electron chi connectivity index (χ2n) is 7.50. The minimum atomic E-state index is -0.415. The van der Waals surface area contributed by atoms with Crippen LogP contribution in [0, 0.1) is 13.8 Å². The van der Waals surface area contributed by atoms with Crippen LogP contribution in [0.15, 0.2) is 66.7 Å². The van der Waals surface area contributed by atoms with Crippen LogP contribution in [0.3, 0.4) is 0 Å². The number of carbonyl (C=O) groups is 2. The molecule has 0 spiro atoms. The van der Waals surface area contributed by atoms with Crippen LogP contribution < -0.4 is 15.4 Å². The number of aromatic nitrogens is 2. The molecule has 7 nitrogen and oxygen atoms in total. The molecule has 1 aromatic heterocycles. The van der Waals surface area contributed by atoms with Crippen molar-refractivity contribution in [2.24, 2.45) is 0 Å². The molecule has 172 valence electrons. The number of hydrogen-bond donors (Lipinski definition) is 2. The van der Waals surface area contributed by atoms with Gasteiger partial charge in [0.25, 0.3) is 11.8 Å². The van der Waals surface area contributed by atoms with E-state index < -0.39 is 5.91 Å². The van der Waals surface area contributed by atoms with Crippen molar-refractivity contribution >= 4 is 46.1 Å². The van der Waals surface area contributed by atoms with Gasteiger partial charge in [-0.05, 0) is 61.9 Å². The fourth-order valence-electron chi connectivity index (χ4n) is 3.04. The lowest BCUT2D eigenvalue weighted by Gasteiger charge is -2.10. The zero-order chi connectivity index (χ0) is 24.1. The van der Waals surface area contributed by atoms with Gasteiger partial charge in [-0.15, -0.1) is 10.2 Å². The van der Waals surface area contributed by atoms with E-state index in [4.69, 9.17) is 16.3 Å². The number of benzene rings is 3. The lowest BCUT2D eigenvalue weighted by Crippen LogP contribution is -2.15. The Bertz CT molecular complexity index is 1340. The van der Waals surface area contributed by atoms with Crippen molar-refractivity contribution in [1.29, 1.82) is 0 Å². The van der Waals surface area contributed by atoms with Gasteiger partial charge in [-0.25, -0.2) is 0 Å². The SMILES string of the molecule is Cc1ccc(OCc2nnc(C(=O)Nc3cccc(C(=O)Nc4cccc(Cl)c4C)c3)s2)cc1. The van der Waals surface area contributed by atoms with E-state index in [1.54, 1.807) is 42.5 Å². The summed E-state index contributed by atoms with van der Waals surface area (Å²) in [4.78, 5) is 25.3. The normalized spacial score (nSPS) is 10.6. The first kappa shape index (κ1) is 23.4. The molecule has 0 saturated heterocycles. The lowest BCUT2D eigenvalue weighted by atomic mass is 10.1. The Balaban J connectivity index is 1.38. The minimum Gasteiger partial charge on any atom is -0.486 e. The van der Waals surface area contributed by atoms with Crippen molar-refractivity contribution in [3.63, 3.8) is 0 Å². The highest BCUT2D eigenvalue weighted by Gasteiger charge is 2.15. The van der Waals surface area contributed by atoms with Crippen molar-refractivity contribution in [1.82, 2.24) is 10.2 Å². The van der Waals surface area contributed by atoms with Crippen molar-refractivity contribution in [3.05, 3.63) is 98.5 Å². The van der Waals surface area contributed by atoms with Crippen LogP contribution in [-0.4, -0.2) is 22.0 Å². The van der Waals surface area contributed by atoms with Gasteiger partial charge in [0.2, 0.25) is 5.01 Å². The molecule has 2 N–H and O–H groups in total. The van der Waals surface area contributed by atoms with Crippen LogP contribution in [0.5, 0.6) is 5.75 Å². The summed E-state index contributed by atoms with van der Waals surface area (Å²) in [6.45, 7) is 4.05. The summed E-state index contributed by atoms with van der Waals surface area (Å²) in [5.41, 5.74) is 3.40. The number of halogens is 1. The van der Waals surface area contributed by atoms with Gasteiger partial charge in [0.05, 0.1) is 0 Å². The molecule has 0 unspecified atom stereocenters. The number of carbonyl (C=O) groups excluding carboxylic acids is 2. The summed E-state index contributed by atoms with van der Waals surface area (Å²) >= 11 is 7.27. The molecule has 9 heteroatoms. The van der Waals surface area contributed by atoms with E-state index in [1.807, 2.05) is 38.1 Å². The number of aryl methyl sites for hydroxylation is 1. The third kappa shape index (κ3) is 5.78. The predicted molar refractivity (Wildman–Crippen MR) is 134 cm³/mol. The largest absolute Gasteiger partial charge is 0.486 e. The highest BCUT2D eigenvalue weighted by molar-refractivity contribution is 7.13. The zero-order valence-corrected chi connectivity index (χ0v) is 20.0. The molecule has 2 amide bonds. The predicted octanol–water partition coefficient (Wildman–Crippen LogP) is 5.89. The van der Waals surface area contributed by atoms with Gasteiger partial charge >= 0.3 is 0 Å². The molecule has 0 radical (unpaired) electrons. The molecule has 1 heterocycles. The first-order valence-corrected chi connectivity index (χ1v) is 11.6. The van der Waals surface area contributed by atoms with Gasteiger partial charge in [0.15, 0.2) is 5.01 Å². The Morgan fingerprint density at radius 2 is 1.71 bits per heavy atom. The quantitative estimate of drug-likeness (QED) is 0.335. The number of amides is 2. The summed E-state index contributed by atoms with van der Waals surface area (Å²) < 4.78 is 5.69. The molecule has 0 aliphatic heterocycles. The maximum absolute atomic E-state index is 12.7. The Morgan fingerprint density at radius 3 is 2.50 bits per heavy atom. The van der Waals surface area contributed by atoms with E-state index in [0.717, 1.165) is 28.2 Å². The first-order valence-electron chi connectivity index (χ1n) is 10.4. The molecule has 4 rings (SSSR count). The maximum Gasteiger partial charge on any atom is 0.286 e. The highest BCUT2D eigenvalue weighted by Crippen LogP contribution is 2.24. The molecule has 4 aromatic rings. The summed E-state index contributed by atoms with van der Waals surface area (Å²) in [5.74, 6) is -0.00916. The smallest absolute Gasteiger partial charge is 0.286 e. The molecule has 0 saturated carbocycles. The first-order chi connectivity index (χ1) is 16.4. The average molecular weight is 493 g/mol. The lowest BCUT2D eigenvalue weighted by molar-refractivity contribution is 0.101. The fourth-order valence-corrected chi connectivity index (χ4v) is 3.87. The molecule has 0 aliphatic rings. The van der Waals surface area contributed by atoms with Gasteiger partial charge in [-0.3, -0.25) is 9.59 Å². The highest BCUT2D eigenvalue weighted by atomic mass is 35.5. The van der Waals surface area contributed by atoms with Gasteiger partial charge in [-0.1, -0.05) is 52.8 Å². The van der Waals surface area contributed by atoms with Gasteiger partial charge in [0, 0.05) is 22.0 Å². The van der Waals surface area contributed by atoms with Crippen LogP contribution >= 0.6 is 22.9 Å². The molecule has 0 bridgehead atoms. The number of nitrogens with zero attached hydrogens (tertiary/aromatic N) is 2. The van der Waals surface area contributed by atoms with Crippen LogP contribution in [0.1, 0.15) is 36.3 Å². The van der Waals surface area contributed by atoms with Crippen LogP contribution in [0.4, 0.5) is 11.4 Å². The topological polar surface area (TPSA) is 93.2 Å². The van der Waals surface area contributed by atoms with Crippen LogP contribution in [0.25, 0.3) is 0 Å². The number of nitrogens with one attached hydrogen (secondary N) is 2. The van der Waals surface area contributed by atoms with E-state index in [2.05, 4.69) is 20.8 Å². The van der Waals surface area contributed by atoms with Crippen molar-refractivity contribution in [2.75, 3.05) is 10.6 Å². The second kappa shape index (κ2) is 10.5. The third-order valence-corrected chi connectivity index (χ3v) is 6.25. The molecule has 0 atom stereocenters. The average Bonchev–Trinajstić information content (AvgIpc) is 3.31. The van der Waals surface area contributed by atoms with Gasteiger partial charge in [0.1, 0.15) is 12.4 Å². The molecular formula is C25H21ClN4O3S. The molecule has 3 aromatic carbocycles. The second-order valence-corrected chi connectivity index (χ2v) is 8.97. The zero-order valence-electron chi connectivity index (χ0n) is 18.5. The molecular weight excluding hydrogens is 472 g/mol. The summed E-state index contributed by atoms with van der Waals surface area (Å²) in [6, 6.07) is 19.6. The van der Waals surface area contributed by atoms with Crippen LogP contribution in [0.2, 0.25) is 5.02 Å². The summed E-state index contributed by atoms with van der Waals surface area (Å²) in [5, 5.41) is 14.9. The van der Waals surface area contributed by atoms with Crippen molar-refractivity contribution in [3.8, 4) is 5.75 Å². The van der Waals surface area contributed by atoms with E-state index in [1.165, 1.54) is 0 Å². The van der Waals surface area contributed by atoms with Gasteiger partial charge < -0.3 is 15.4 Å². The monoisotopic (exact) mass is 492 g/mol. The van der Waals surface area contributed by atoms with Crippen LogP contribution in [-0.2, 0) is 6.61 Å². The Hall–Kier alpha value is -3.75. The van der Waals surface area contributed by atoms with Crippen molar-refractivity contribution < 1.29 is 14.3 Å². The van der Waals surface area contributed by atoms with E-state index in [-0.39, 0.29) is 17.5 Å². The standard InChI is InChI=1S/C25H21ClN4O3S/c1-15-9-11-19(12-10-15)33-14-22-29-30-25(34-22)24(32)27-18-6-3-5-17(13-18)23(31)28-21-8-4-7-20(26)16(21)2/h3-13H,14H2,1-2H3,(H,27,32)(H,28,31). The summed E-state index contributed by atoms with van der Waals surface area (Å²) in [6.07, 6.45) is 0. The molecule has 34 heavy (non-hydrogen) atoms. The Kier molecular flexibility index (Phi) is 7.20. The molecule has 0 aliphatic carbocycles. The number of hydrogen-bond acceptors (Lipinski definition) is 6. The van der Waals surface area contributed by atoms with Gasteiger partial charge in [-0.2, -0.15) is 0 Å². The molecule has 0 fully saturated rings. The van der Waals surface area contributed by atoms with E-state index >= 15 is 0 Å². The van der Waals surface area contributed by atoms with Crippen molar-refractivity contribution in [2.45, 2.75) is 20.5 Å². The van der Waals surface area contributed by atoms with E-state index in [0.29, 0.717) is 27.0 Å².